The molecule has 0 saturated heterocycles. The molecule has 0 unspecified atom stereocenters. The summed E-state index contributed by atoms with van der Waals surface area (Å²) < 4.78 is 1.16. The molecule has 0 heterocycles. The van der Waals surface area contributed by atoms with Crippen LogP contribution in [0.3, 0.4) is 0 Å². The Morgan fingerprint density at radius 1 is 1.07 bits per heavy atom. The van der Waals surface area contributed by atoms with Crippen LogP contribution in [0.4, 0.5) is 0 Å². The minimum Gasteiger partial charge on any atom is -0.343 e. The van der Waals surface area contributed by atoms with Gasteiger partial charge in [0.1, 0.15) is 6.54 Å². The predicted molar refractivity (Wildman–Crippen MR) is 68.8 cm³/mol. The van der Waals surface area contributed by atoms with Gasteiger partial charge in [0.05, 0.1) is 6.54 Å². The van der Waals surface area contributed by atoms with Gasteiger partial charge in [0, 0.05) is 10.0 Å². The molecule has 0 atom stereocenters. The van der Waals surface area contributed by atoms with Gasteiger partial charge in [-0.05, 0) is 25.0 Å². The lowest BCUT2D eigenvalue weighted by Gasteiger charge is -2.02. The molecule has 0 fully saturated rings. The van der Waals surface area contributed by atoms with Crippen molar-refractivity contribution in [2.45, 2.75) is 39.2 Å². The summed E-state index contributed by atoms with van der Waals surface area (Å²) in [6.07, 6.45) is 5.44. The first-order chi connectivity index (χ1) is 7.33. The summed E-state index contributed by atoms with van der Waals surface area (Å²) in [6, 6.07) is 8.60. The largest absolute Gasteiger partial charge is 0.343 e. The summed E-state index contributed by atoms with van der Waals surface area (Å²) in [5, 5.41) is 2.40. The highest BCUT2D eigenvalue weighted by atomic mass is 79.9. The van der Waals surface area contributed by atoms with E-state index in [0.29, 0.717) is 0 Å². The van der Waals surface area contributed by atoms with Gasteiger partial charge in [-0.25, -0.2) is 0 Å². The number of hydrogen-bond donors (Lipinski definition) is 1. The van der Waals surface area contributed by atoms with Gasteiger partial charge >= 0.3 is 0 Å². The van der Waals surface area contributed by atoms with Crippen molar-refractivity contribution in [2.75, 3.05) is 6.54 Å². The van der Waals surface area contributed by atoms with E-state index in [9.17, 15) is 0 Å². The third-order valence-corrected chi connectivity index (χ3v) is 3.08. The highest BCUT2D eigenvalue weighted by Gasteiger charge is 1.95. The molecule has 0 aliphatic rings. The fourth-order valence-corrected chi connectivity index (χ4v) is 1.87. The quantitative estimate of drug-likeness (QED) is 0.734. The Morgan fingerprint density at radius 3 is 2.47 bits per heavy atom. The topological polar surface area (TPSA) is 16.6 Å². The molecule has 0 spiro atoms. The van der Waals surface area contributed by atoms with E-state index < -0.39 is 0 Å². The molecule has 84 valence electrons. The number of unbranched alkanes of at least 4 members (excludes halogenated alkanes) is 3. The second-order valence-electron chi connectivity index (χ2n) is 3.97. The molecule has 0 aliphatic carbocycles. The molecule has 1 nitrogen and oxygen atoms in total. The molecule has 1 aromatic carbocycles. The number of rotatable bonds is 7. The Labute approximate surface area is 101 Å². The molecule has 1 rings (SSSR count). The average molecular weight is 271 g/mol. The van der Waals surface area contributed by atoms with E-state index in [4.69, 9.17) is 0 Å². The van der Waals surface area contributed by atoms with Gasteiger partial charge in [-0.15, -0.1) is 0 Å². The number of quaternary nitrogens is 1. The molecule has 0 aliphatic heterocycles. The zero-order chi connectivity index (χ0) is 10.9. The lowest BCUT2D eigenvalue weighted by atomic mass is 10.2. The SMILES string of the molecule is CCCCCC[NH2+]Cc1ccc(Br)cc1. The zero-order valence-corrected chi connectivity index (χ0v) is 11.1. The summed E-state index contributed by atoms with van der Waals surface area (Å²) >= 11 is 3.45. The Balaban J connectivity index is 2.07. The van der Waals surface area contributed by atoms with E-state index in [0.717, 1.165) is 11.0 Å². The van der Waals surface area contributed by atoms with E-state index in [-0.39, 0.29) is 0 Å². The molecule has 0 bridgehead atoms. The molecular weight excluding hydrogens is 250 g/mol. The van der Waals surface area contributed by atoms with Crippen LogP contribution in [0.25, 0.3) is 0 Å². The highest BCUT2D eigenvalue weighted by molar-refractivity contribution is 9.10. The van der Waals surface area contributed by atoms with Crippen LogP contribution < -0.4 is 5.32 Å². The van der Waals surface area contributed by atoms with Crippen LogP contribution in [0.2, 0.25) is 0 Å². The Kier molecular flexibility index (Phi) is 6.69. The fourth-order valence-electron chi connectivity index (χ4n) is 1.60. The third kappa shape index (κ3) is 5.95. The van der Waals surface area contributed by atoms with E-state index in [1.165, 1.54) is 37.8 Å². The molecule has 1 aromatic rings. The minimum absolute atomic E-state index is 1.11. The number of nitrogens with two attached hydrogens (primary N) is 1. The summed E-state index contributed by atoms with van der Waals surface area (Å²) in [5.74, 6) is 0. The van der Waals surface area contributed by atoms with Crippen LogP contribution in [0.1, 0.15) is 38.2 Å². The van der Waals surface area contributed by atoms with Crippen molar-refractivity contribution in [1.82, 2.24) is 0 Å². The van der Waals surface area contributed by atoms with Gasteiger partial charge in [0.15, 0.2) is 0 Å². The fraction of sp³-hybridized carbons (Fsp3) is 0.538. The molecule has 0 saturated carbocycles. The van der Waals surface area contributed by atoms with Crippen LogP contribution in [0, 0.1) is 0 Å². The van der Waals surface area contributed by atoms with Crippen LogP contribution in [0.5, 0.6) is 0 Å². The van der Waals surface area contributed by atoms with Crippen LogP contribution in [-0.4, -0.2) is 6.54 Å². The maximum Gasteiger partial charge on any atom is 0.101 e. The molecular formula is C13H21BrN+. The summed E-state index contributed by atoms with van der Waals surface area (Å²) in [6.45, 7) is 4.63. The third-order valence-electron chi connectivity index (χ3n) is 2.56. The first kappa shape index (κ1) is 12.7. The molecule has 2 heteroatoms. The lowest BCUT2D eigenvalue weighted by Crippen LogP contribution is -2.82. The second kappa shape index (κ2) is 7.89. The highest BCUT2D eigenvalue weighted by Crippen LogP contribution is 2.09. The van der Waals surface area contributed by atoms with Crippen molar-refractivity contribution in [3.8, 4) is 0 Å². The monoisotopic (exact) mass is 270 g/mol. The Hall–Kier alpha value is -0.340. The van der Waals surface area contributed by atoms with Gasteiger partial charge in [-0.2, -0.15) is 0 Å². The van der Waals surface area contributed by atoms with Crippen molar-refractivity contribution < 1.29 is 5.32 Å². The lowest BCUT2D eigenvalue weighted by molar-refractivity contribution is -0.671. The standard InChI is InChI=1S/C13H20BrN/c1-2-3-4-5-10-15-11-12-6-8-13(14)9-7-12/h6-9,15H,2-5,10-11H2,1H3/p+1. The van der Waals surface area contributed by atoms with Gasteiger partial charge in [0.25, 0.3) is 0 Å². The maximum absolute atomic E-state index is 3.45. The van der Waals surface area contributed by atoms with Crippen molar-refractivity contribution in [3.05, 3.63) is 34.3 Å². The van der Waals surface area contributed by atoms with Gasteiger partial charge < -0.3 is 5.32 Å². The van der Waals surface area contributed by atoms with E-state index in [1.54, 1.807) is 0 Å². The van der Waals surface area contributed by atoms with Crippen LogP contribution in [-0.2, 0) is 6.54 Å². The first-order valence-electron chi connectivity index (χ1n) is 5.89. The minimum atomic E-state index is 1.11. The van der Waals surface area contributed by atoms with Crippen molar-refractivity contribution >= 4 is 15.9 Å². The second-order valence-corrected chi connectivity index (χ2v) is 4.88. The molecule has 0 radical (unpaired) electrons. The van der Waals surface area contributed by atoms with Crippen molar-refractivity contribution in [3.63, 3.8) is 0 Å². The number of benzene rings is 1. The first-order valence-corrected chi connectivity index (χ1v) is 6.68. The summed E-state index contributed by atoms with van der Waals surface area (Å²) in [7, 11) is 0. The zero-order valence-electron chi connectivity index (χ0n) is 9.51. The smallest absolute Gasteiger partial charge is 0.101 e. The molecule has 2 N–H and O–H groups in total. The summed E-state index contributed by atoms with van der Waals surface area (Å²) in [4.78, 5) is 0. The summed E-state index contributed by atoms with van der Waals surface area (Å²) in [5.41, 5.74) is 1.41. The van der Waals surface area contributed by atoms with Crippen LogP contribution >= 0.6 is 15.9 Å². The van der Waals surface area contributed by atoms with Gasteiger partial charge in [-0.1, -0.05) is 47.8 Å². The van der Waals surface area contributed by atoms with Gasteiger partial charge in [-0.3, -0.25) is 0 Å². The Bertz CT molecular complexity index is 256. The maximum atomic E-state index is 3.45. The number of halogens is 1. The van der Waals surface area contributed by atoms with E-state index in [1.807, 2.05) is 0 Å². The normalized spacial score (nSPS) is 10.5. The van der Waals surface area contributed by atoms with Crippen LogP contribution in [0.15, 0.2) is 28.7 Å². The average Bonchev–Trinajstić information content (AvgIpc) is 2.26. The predicted octanol–water partition coefficient (Wildman–Crippen LogP) is 3.09. The van der Waals surface area contributed by atoms with E-state index >= 15 is 0 Å². The van der Waals surface area contributed by atoms with Gasteiger partial charge in [0.2, 0.25) is 0 Å². The van der Waals surface area contributed by atoms with Crippen molar-refractivity contribution in [2.24, 2.45) is 0 Å². The number of hydrogen-bond acceptors (Lipinski definition) is 0. The van der Waals surface area contributed by atoms with Crippen molar-refractivity contribution in [1.29, 1.82) is 0 Å². The molecule has 0 amide bonds. The van der Waals surface area contributed by atoms with E-state index in [2.05, 4.69) is 52.4 Å². The molecule has 15 heavy (non-hydrogen) atoms. The molecule has 0 aromatic heterocycles. The Morgan fingerprint density at radius 2 is 1.80 bits per heavy atom.